The average molecular weight is 371 g/mol. The Hall–Kier alpha value is -0.270. The van der Waals surface area contributed by atoms with Crippen molar-refractivity contribution in [3.63, 3.8) is 0 Å². The number of piperidine rings is 1. The molecular weight excluding hydrogens is 335 g/mol. The highest BCUT2D eigenvalue weighted by Crippen LogP contribution is 2.41. The van der Waals surface area contributed by atoms with Gasteiger partial charge in [-0.25, -0.2) is 4.39 Å². The third-order valence-electron chi connectivity index (χ3n) is 7.54. The summed E-state index contributed by atoms with van der Waals surface area (Å²) in [5.74, 6) is 0.415. The number of nitrogens with one attached hydrogen (secondary N) is 1. The van der Waals surface area contributed by atoms with Crippen molar-refractivity contribution in [2.75, 3.05) is 20.7 Å². The van der Waals surface area contributed by atoms with E-state index >= 15 is 4.39 Å². The second-order valence-electron chi connectivity index (χ2n) is 9.12. The summed E-state index contributed by atoms with van der Waals surface area (Å²) in [5, 5.41) is 13.9. The third-order valence-corrected chi connectivity index (χ3v) is 7.54. The first-order chi connectivity index (χ1) is 12.5. The van der Waals surface area contributed by atoms with E-state index in [2.05, 4.69) is 24.2 Å². The second kappa shape index (κ2) is 7.63. The summed E-state index contributed by atoms with van der Waals surface area (Å²) in [6.45, 7) is 3.10. The first-order valence-electron chi connectivity index (χ1n) is 10.4. The molecule has 10 unspecified atom stereocenters. The molecule has 2 saturated carbocycles. The molecule has 2 aliphatic heterocycles. The predicted molar refractivity (Wildman–Crippen MR) is 97.8 cm³/mol. The number of halogens is 1. The van der Waals surface area contributed by atoms with Gasteiger partial charge in [-0.2, -0.15) is 0 Å². The minimum absolute atomic E-state index is 0.0768. The van der Waals surface area contributed by atoms with E-state index in [-0.39, 0.29) is 24.2 Å². The molecule has 2 saturated heterocycles. The second-order valence-corrected chi connectivity index (χ2v) is 9.12. The summed E-state index contributed by atoms with van der Waals surface area (Å²) in [4.78, 5) is 2.34. The number of fused-ring (bicyclic) bond motifs is 2. The maximum absolute atomic E-state index is 15.2. The smallest absolute Gasteiger partial charge is 0.130 e. The Morgan fingerprint density at radius 1 is 1.04 bits per heavy atom. The fourth-order valence-electron chi connectivity index (χ4n) is 6.12. The van der Waals surface area contributed by atoms with E-state index in [9.17, 15) is 5.11 Å². The van der Waals surface area contributed by atoms with Crippen LogP contribution in [0.1, 0.15) is 45.4 Å². The van der Waals surface area contributed by atoms with Crippen LogP contribution < -0.4 is 5.32 Å². The normalized spacial score (nSPS) is 52.5. The molecule has 2 N–H and O–H groups in total. The minimum atomic E-state index is -0.864. The predicted octanol–water partition coefficient (Wildman–Crippen LogP) is 1.73. The van der Waals surface area contributed by atoms with Crippen molar-refractivity contribution in [2.45, 2.75) is 94.2 Å². The fourth-order valence-corrected chi connectivity index (χ4v) is 6.12. The van der Waals surface area contributed by atoms with Gasteiger partial charge in [-0.3, -0.25) is 0 Å². The van der Waals surface area contributed by atoms with Gasteiger partial charge in [0.2, 0.25) is 0 Å². The standard InChI is InChI=1S/C20H35FN2O3/c1-11-8-12-14(22-11)4-5-18(20(12)21)26-17-6-7-23(2)15-10-16(24)19(25-3)9-13(15)17/h11-20,22,24H,4-10H2,1-3H3. The largest absolute Gasteiger partial charge is 0.390 e. The van der Waals surface area contributed by atoms with Crippen molar-refractivity contribution in [3.05, 3.63) is 0 Å². The molecule has 26 heavy (non-hydrogen) atoms. The molecule has 6 heteroatoms. The zero-order valence-corrected chi connectivity index (χ0v) is 16.3. The molecule has 0 radical (unpaired) electrons. The van der Waals surface area contributed by atoms with Crippen molar-refractivity contribution >= 4 is 0 Å². The lowest BCUT2D eigenvalue weighted by molar-refractivity contribution is -0.164. The summed E-state index contributed by atoms with van der Waals surface area (Å²) >= 11 is 0. The van der Waals surface area contributed by atoms with E-state index in [0.717, 1.165) is 45.1 Å². The highest BCUT2D eigenvalue weighted by atomic mass is 19.1. The molecule has 4 aliphatic rings. The molecule has 2 aliphatic carbocycles. The van der Waals surface area contributed by atoms with Crippen LogP contribution in [0.15, 0.2) is 0 Å². The number of hydrogen-bond donors (Lipinski definition) is 2. The lowest BCUT2D eigenvalue weighted by atomic mass is 9.74. The summed E-state index contributed by atoms with van der Waals surface area (Å²) in [6, 6.07) is 1.04. The summed E-state index contributed by atoms with van der Waals surface area (Å²) in [5.41, 5.74) is 0. The van der Waals surface area contributed by atoms with Crippen LogP contribution in [-0.4, -0.2) is 79.4 Å². The minimum Gasteiger partial charge on any atom is -0.390 e. The number of aliphatic hydroxyl groups excluding tert-OH is 1. The zero-order valence-electron chi connectivity index (χ0n) is 16.3. The van der Waals surface area contributed by atoms with Crippen LogP contribution in [0.5, 0.6) is 0 Å². The van der Waals surface area contributed by atoms with Gasteiger partial charge in [0.1, 0.15) is 6.17 Å². The molecule has 150 valence electrons. The molecule has 4 fully saturated rings. The van der Waals surface area contributed by atoms with Gasteiger partial charge in [0, 0.05) is 43.6 Å². The van der Waals surface area contributed by atoms with E-state index in [1.165, 1.54) is 0 Å². The number of rotatable bonds is 3. The van der Waals surface area contributed by atoms with E-state index in [1.807, 2.05) is 0 Å². The first-order valence-corrected chi connectivity index (χ1v) is 10.4. The topological polar surface area (TPSA) is 54.0 Å². The molecule has 5 nitrogen and oxygen atoms in total. The summed E-state index contributed by atoms with van der Waals surface area (Å²) in [7, 11) is 3.80. The highest BCUT2D eigenvalue weighted by molar-refractivity contribution is 5.01. The number of nitrogens with zero attached hydrogens (tertiary/aromatic N) is 1. The van der Waals surface area contributed by atoms with Crippen LogP contribution in [0, 0.1) is 11.8 Å². The molecule has 0 bridgehead atoms. The quantitative estimate of drug-likeness (QED) is 0.792. The Balaban J connectivity index is 1.44. The zero-order chi connectivity index (χ0) is 18.4. The number of hydrogen-bond acceptors (Lipinski definition) is 5. The molecule has 0 aromatic heterocycles. The van der Waals surface area contributed by atoms with Crippen molar-refractivity contribution in [1.29, 1.82) is 0 Å². The van der Waals surface area contributed by atoms with Gasteiger partial charge in [-0.1, -0.05) is 0 Å². The van der Waals surface area contributed by atoms with Gasteiger partial charge >= 0.3 is 0 Å². The van der Waals surface area contributed by atoms with Gasteiger partial charge in [-0.15, -0.1) is 0 Å². The Labute approximate surface area is 156 Å². The number of alkyl halides is 1. The third kappa shape index (κ3) is 3.44. The lowest BCUT2D eigenvalue weighted by Gasteiger charge is -2.50. The van der Waals surface area contributed by atoms with Gasteiger partial charge < -0.3 is 24.8 Å². The van der Waals surface area contributed by atoms with Crippen molar-refractivity contribution in [1.82, 2.24) is 10.2 Å². The average Bonchev–Trinajstić information content (AvgIpc) is 3.01. The van der Waals surface area contributed by atoms with Crippen LogP contribution in [0.25, 0.3) is 0 Å². The number of ether oxygens (including phenoxy) is 2. The molecule has 4 rings (SSSR count). The summed E-state index contributed by atoms with van der Waals surface area (Å²) in [6.07, 6.45) is 3.58. The molecule has 2 heterocycles. The maximum Gasteiger partial charge on any atom is 0.130 e. The number of likely N-dealkylation sites (tertiary alicyclic amines) is 1. The Kier molecular flexibility index (Phi) is 5.59. The summed E-state index contributed by atoms with van der Waals surface area (Å²) < 4.78 is 27.2. The van der Waals surface area contributed by atoms with Crippen LogP contribution in [0.3, 0.4) is 0 Å². The highest BCUT2D eigenvalue weighted by Gasteiger charge is 2.49. The molecule has 0 amide bonds. The van der Waals surface area contributed by atoms with Crippen molar-refractivity contribution < 1.29 is 19.0 Å². The number of methoxy groups -OCH3 is 1. The van der Waals surface area contributed by atoms with Gasteiger partial charge in [0.15, 0.2) is 0 Å². The van der Waals surface area contributed by atoms with Gasteiger partial charge in [0.25, 0.3) is 0 Å². The van der Waals surface area contributed by atoms with Crippen LogP contribution in [-0.2, 0) is 9.47 Å². The van der Waals surface area contributed by atoms with Crippen LogP contribution in [0.4, 0.5) is 4.39 Å². The van der Waals surface area contributed by atoms with Gasteiger partial charge in [0.05, 0.1) is 24.4 Å². The van der Waals surface area contributed by atoms with E-state index in [1.54, 1.807) is 7.11 Å². The van der Waals surface area contributed by atoms with E-state index in [0.29, 0.717) is 24.0 Å². The van der Waals surface area contributed by atoms with E-state index in [4.69, 9.17) is 9.47 Å². The Morgan fingerprint density at radius 2 is 1.85 bits per heavy atom. The fraction of sp³-hybridized carbons (Fsp3) is 1.00. The molecule has 0 aromatic carbocycles. The monoisotopic (exact) mass is 370 g/mol. The van der Waals surface area contributed by atoms with Crippen LogP contribution in [0.2, 0.25) is 0 Å². The van der Waals surface area contributed by atoms with Crippen molar-refractivity contribution in [2.24, 2.45) is 11.8 Å². The molecule has 0 spiro atoms. The van der Waals surface area contributed by atoms with Gasteiger partial charge in [-0.05, 0) is 52.5 Å². The molecule has 0 aromatic rings. The molecular formula is C20H35FN2O3. The van der Waals surface area contributed by atoms with E-state index < -0.39 is 12.3 Å². The Morgan fingerprint density at radius 3 is 2.62 bits per heavy atom. The Bertz CT molecular complexity index is 496. The molecule has 10 atom stereocenters. The van der Waals surface area contributed by atoms with Crippen molar-refractivity contribution in [3.8, 4) is 0 Å². The number of aliphatic hydroxyl groups is 1. The first kappa shape index (κ1) is 19.1. The SMILES string of the molecule is COC1CC2C(OC3CCC4NC(C)CC4C3F)CCN(C)C2CC1O. The van der Waals surface area contributed by atoms with Crippen LogP contribution >= 0.6 is 0 Å². The lowest BCUT2D eigenvalue weighted by Crippen LogP contribution is -2.58. The maximum atomic E-state index is 15.2.